The first-order chi connectivity index (χ1) is 7.74. The maximum Gasteiger partial charge on any atom is 0.129 e. The Morgan fingerprint density at radius 1 is 1.19 bits per heavy atom. The number of benzene rings is 1. The van der Waals surface area contributed by atoms with Crippen molar-refractivity contribution < 1.29 is 13.5 Å². The van der Waals surface area contributed by atoms with Gasteiger partial charge in [0.1, 0.15) is 24.0 Å². The van der Waals surface area contributed by atoms with Gasteiger partial charge in [0.25, 0.3) is 0 Å². The molecule has 1 aromatic carbocycles. The van der Waals surface area contributed by atoms with Gasteiger partial charge in [0, 0.05) is 24.7 Å². The van der Waals surface area contributed by atoms with Crippen LogP contribution < -0.4 is 10.1 Å². The van der Waals surface area contributed by atoms with Crippen LogP contribution in [-0.4, -0.2) is 19.2 Å². The van der Waals surface area contributed by atoms with Crippen molar-refractivity contribution in [2.45, 2.75) is 25.3 Å². The number of piperidine rings is 1. The highest BCUT2D eigenvalue weighted by Crippen LogP contribution is 2.17. The molecule has 1 fully saturated rings. The SMILES string of the molecule is Fc1cc(F)cc(OCC2CCCC[N]2)c1. The Labute approximate surface area is 93.6 Å². The van der Waals surface area contributed by atoms with Crippen LogP contribution in [0.25, 0.3) is 0 Å². The molecule has 0 spiro atoms. The van der Waals surface area contributed by atoms with Gasteiger partial charge in [-0.05, 0) is 12.8 Å². The lowest BCUT2D eigenvalue weighted by molar-refractivity contribution is 0.234. The number of ether oxygens (including phenoxy) is 1. The van der Waals surface area contributed by atoms with Gasteiger partial charge in [-0.3, -0.25) is 0 Å². The summed E-state index contributed by atoms with van der Waals surface area (Å²) in [7, 11) is 0. The molecule has 0 aromatic heterocycles. The van der Waals surface area contributed by atoms with E-state index in [0.717, 1.165) is 31.9 Å². The third kappa shape index (κ3) is 3.17. The summed E-state index contributed by atoms with van der Waals surface area (Å²) in [6.45, 7) is 1.27. The molecule has 0 N–H and O–H groups in total. The fourth-order valence-electron chi connectivity index (χ4n) is 1.80. The zero-order chi connectivity index (χ0) is 11.4. The fourth-order valence-corrected chi connectivity index (χ4v) is 1.80. The molecule has 0 amide bonds. The van der Waals surface area contributed by atoms with Gasteiger partial charge in [0.15, 0.2) is 0 Å². The van der Waals surface area contributed by atoms with Gasteiger partial charge in [-0.15, -0.1) is 0 Å². The van der Waals surface area contributed by atoms with Gasteiger partial charge in [-0.25, -0.2) is 14.1 Å². The van der Waals surface area contributed by atoms with Crippen LogP contribution in [0.15, 0.2) is 18.2 Å². The molecule has 0 saturated carbocycles. The Bertz CT molecular complexity index is 331. The maximum atomic E-state index is 12.9. The minimum atomic E-state index is -0.615. The van der Waals surface area contributed by atoms with Gasteiger partial charge in [0.05, 0.1) is 6.04 Å². The Morgan fingerprint density at radius 2 is 1.94 bits per heavy atom. The smallest absolute Gasteiger partial charge is 0.129 e. The molecule has 2 rings (SSSR count). The van der Waals surface area contributed by atoms with Gasteiger partial charge < -0.3 is 4.74 Å². The fraction of sp³-hybridized carbons (Fsp3) is 0.500. The van der Waals surface area contributed by atoms with E-state index in [0.29, 0.717) is 6.61 Å². The third-order valence-corrected chi connectivity index (χ3v) is 2.61. The predicted molar refractivity (Wildman–Crippen MR) is 56.5 cm³/mol. The quantitative estimate of drug-likeness (QED) is 0.776. The Hall–Kier alpha value is -1.16. The molecule has 1 atom stereocenters. The van der Waals surface area contributed by atoms with Crippen molar-refractivity contribution >= 4 is 0 Å². The van der Waals surface area contributed by atoms with Crippen molar-refractivity contribution in [3.63, 3.8) is 0 Å². The van der Waals surface area contributed by atoms with E-state index in [-0.39, 0.29) is 11.8 Å². The Kier molecular flexibility index (Phi) is 3.72. The standard InChI is InChI=1S/C12H14F2NO/c13-9-5-10(14)7-12(6-9)16-8-11-3-1-2-4-15-11/h5-7,11H,1-4,8H2. The lowest BCUT2D eigenvalue weighted by Crippen LogP contribution is -2.33. The Balaban J connectivity index is 1.88. The number of hydrogen-bond donors (Lipinski definition) is 0. The number of halogens is 2. The first kappa shape index (κ1) is 11.3. The van der Waals surface area contributed by atoms with Gasteiger partial charge in [-0.2, -0.15) is 0 Å². The van der Waals surface area contributed by atoms with E-state index in [4.69, 9.17) is 4.74 Å². The normalized spacial score (nSPS) is 20.8. The molecule has 1 unspecified atom stereocenters. The monoisotopic (exact) mass is 226 g/mol. The van der Waals surface area contributed by atoms with Crippen molar-refractivity contribution in [3.05, 3.63) is 29.8 Å². The van der Waals surface area contributed by atoms with Crippen molar-refractivity contribution in [2.24, 2.45) is 0 Å². The van der Waals surface area contributed by atoms with Crippen molar-refractivity contribution in [2.75, 3.05) is 13.2 Å². The molecular formula is C12H14F2NO. The highest BCUT2D eigenvalue weighted by atomic mass is 19.1. The second-order valence-electron chi connectivity index (χ2n) is 3.97. The van der Waals surface area contributed by atoms with E-state index in [9.17, 15) is 8.78 Å². The molecule has 2 nitrogen and oxygen atoms in total. The second-order valence-corrected chi connectivity index (χ2v) is 3.97. The lowest BCUT2D eigenvalue weighted by Gasteiger charge is -2.21. The number of nitrogens with zero attached hydrogens (tertiary/aromatic N) is 1. The summed E-state index contributed by atoms with van der Waals surface area (Å²) in [4.78, 5) is 0. The summed E-state index contributed by atoms with van der Waals surface area (Å²) < 4.78 is 31.0. The lowest BCUT2D eigenvalue weighted by atomic mass is 10.1. The van der Waals surface area contributed by atoms with Crippen LogP contribution >= 0.6 is 0 Å². The van der Waals surface area contributed by atoms with Crippen molar-refractivity contribution in [1.29, 1.82) is 0 Å². The van der Waals surface area contributed by atoms with Crippen LogP contribution in [0, 0.1) is 11.6 Å². The molecular weight excluding hydrogens is 212 g/mol. The van der Waals surface area contributed by atoms with E-state index < -0.39 is 11.6 Å². The van der Waals surface area contributed by atoms with Gasteiger partial charge in [-0.1, -0.05) is 6.42 Å². The summed E-state index contributed by atoms with van der Waals surface area (Å²) in [5.74, 6) is -0.996. The van der Waals surface area contributed by atoms with Crippen molar-refractivity contribution in [1.82, 2.24) is 5.32 Å². The van der Waals surface area contributed by atoms with Crippen LogP contribution in [0.5, 0.6) is 5.75 Å². The molecule has 1 aliphatic rings. The zero-order valence-corrected chi connectivity index (χ0v) is 8.96. The maximum absolute atomic E-state index is 12.9. The molecule has 87 valence electrons. The molecule has 0 aliphatic carbocycles. The third-order valence-electron chi connectivity index (χ3n) is 2.61. The van der Waals surface area contributed by atoms with Crippen molar-refractivity contribution in [3.8, 4) is 5.75 Å². The molecule has 1 radical (unpaired) electrons. The van der Waals surface area contributed by atoms with Gasteiger partial charge >= 0.3 is 0 Å². The number of rotatable bonds is 3. The average molecular weight is 226 g/mol. The van der Waals surface area contributed by atoms with E-state index in [2.05, 4.69) is 5.32 Å². The first-order valence-electron chi connectivity index (χ1n) is 5.49. The predicted octanol–water partition coefficient (Wildman–Crippen LogP) is 2.50. The zero-order valence-electron chi connectivity index (χ0n) is 8.96. The Morgan fingerprint density at radius 3 is 2.56 bits per heavy atom. The van der Waals surface area contributed by atoms with Crippen LogP contribution in [-0.2, 0) is 0 Å². The summed E-state index contributed by atoms with van der Waals surface area (Å²) in [6, 6.07) is 3.37. The average Bonchev–Trinajstić information content (AvgIpc) is 2.27. The highest BCUT2D eigenvalue weighted by Gasteiger charge is 2.14. The largest absolute Gasteiger partial charge is 0.492 e. The highest BCUT2D eigenvalue weighted by molar-refractivity contribution is 5.23. The van der Waals surface area contributed by atoms with E-state index >= 15 is 0 Å². The minimum absolute atomic E-state index is 0.167. The summed E-state index contributed by atoms with van der Waals surface area (Å²) in [5.41, 5.74) is 0. The summed E-state index contributed by atoms with van der Waals surface area (Å²) >= 11 is 0. The number of hydrogen-bond acceptors (Lipinski definition) is 1. The molecule has 4 heteroatoms. The van der Waals surface area contributed by atoms with E-state index in [1.807, 2.05) is 0 Å². The van der Waals surface area contributed by atoms with E-state index in [1.165, 1.54) is 12.1 Å². The molecule has 0 bridgehead atoms. The molecule has 1 saturated heterocycles. The topological polar surface area (TPSA) is 23.3 Å². The molecule has 1 aromatic rings. The van der Waals surface area contributed by atoms with E-state index in [1.54, 1.807) is 0 Å². The van der Waals surface area contributed by atoms with Gasteiger partial charge in [0.2, 0.25) is 0 Å². The summed E-state index contributed by atoms with van der Waals surface area (Å²) in [6.07, 6.45) is 3.28. The van der Waals surface area contributed by atoms with Crippen LogP contribution in [0.1, 0.15) is 19.3 Å². The molecule has 1 aliphatic heterocycles. The second kappa shape index (κ2) is 5.25. The summed E-state index contributed by atoms with van der Waals surface area (Å²) in [5, 5.41) is 4.38. The minimum Gasteiger partial charge on any atom is -0.492 e. The van der Waals surface area contributed by atoms with Crippen LogP contribution in [0.3, 0.4) is 0 Å². The molecule has 16 heavy (non-hydrogen) atoms. The van der Waals surface area contributed by atoms with Crippen LogP contribution in [0.2, 0.25) is 0 Å². The first-order valence-corrected chi connectivity index (χ1v) is 5.49. The van der Waals surface area contributed by atoms with Crippen LogP contribution in [0.4, 0.5) is 8.78 Å². The molecule has 1 heterocycles.